The summed E-state index contributed by atoms with van der Waals surface area (Å²) >= 11 is 0. The molecular formula is C22H23N5O3. The number of aromatic nitrogens is 3. The number of rotatable bonds is 6. The molecule has 2 aromatic carbocycles. The number of benzene rings is 2. The molecule has 2 amide bonds. The van der Waals surface area contributed by atoms with Crippen LogP contribution in [0.3, 0.4) is 0 Å². The summed E-state index contributed by atoms with van der Waals surface area (Å²) in [5, 5.41) is 9.68. The molecule has 3 aromatic rings. The third-order valence-electron chi connectivity index (χ3n) is 5.17. The lowest BCUT2D eigenvalue weighted by atomic mass is 10.0. The lowest BCUT2D eigenvalue weighted by Crippen LogP contribution is -2.47. The Morgan fingerprint density at radius 2 is 1.83 bits per heavy atom. The van der Waals surface area contributed by atoms with E-state index in [1.54, 1.807) is 18.1 Å². The van der Waals surface area contributed by atoms with Gasteiger partial charge in [0.2, 0.25) is 11.9 Å². The Morgan fingerprint density at radius 3 is 2.53 bits per heavy atom. The van der Waals surface area contributed by atoms with Crippen molar-refractivity contribution in [3.05, 3.63) is 59.7 Å². The normalized spacial score (nSPS) is 14.0. The number of carbonyl (C=O) groups excluding carboxylic acids is 2. The predicted octanol–water partition coefficient (Wildman–Crippen LogP) is 3.10. The number of hydrogen-bond acceptors (Lipinski definition) is 5. The van der Waals surface area contributed by atoms with Crippen LogP contribution in [-0.4, -0.2) is 45.0 Å². The minimum absolute atomic E-state index is 0.0871. The Balaban J connectivity index is 1.54. The summed E-state index contributed by atoms with van der Waals surface area (Å²) < 4.78 is 5.35. The maximum Gasteiger partial charge on any atom is 0.255 e. The third-order valence-corrected chi connectivity index (χ3v) is 5.17. The van der Waals surface area contributed by atoms with Gasteiger partial charge in [-0.05, 0) is 29.7 Å². The van der Waals surface area contributed by atoms with Crippen LogP contribution >= 0.6 is 0 Å². The predicted molar refractivity (Wildman–Crippen MR) is 112 cm³/mol. The van der Waals surface area contributed by atoms with Crippen molar-refractivity contribution in [2.45, 2.75) is 26.4 Å². The Labute approximate surface area is 174 Å². The summed E-state index contributed by atoms with van der Waals surface area (Å²) in [4.78, 5) is 31.9. The molecule has 1 aliphatic heterocycles. The number of nitrogens with one attached hydrogen (secondary N) is 2. The Kier molecular flexibility index (Phi) is 5.22. The minimum atomic E-state index is -0.641. The average Bonchev–Trinajstić information content (AvgIpc) is 3.33. The van der Waals surface area contributed by atoms with Crippen LogP contribution in [0.2, 0.25) is 0 Å². The molecule has 0 fully saturated rings. The number of para-hydroxylation sites is 1. The summed E-state index contributed by atoms with van der Waals surface area (Å²) in [5.74, 6) is 0.730. The first-order chi connectivity index (χ1) is 14.5. The highest BCUT2D eigenvalue weighted by Crippen LogP contribution is 2.29. The van der Waals surface area contributed by atoms with E-state index in [0.29, 0.717) is 23.7 Å². The van der Waals surface area contributed by atoms with Crippen LogP contribution in [0.5, 0.6) is 5.75 Å². The van der Waals surface area contributed by atoms with E-state index in [1.807, 2.05) is 56.3 Å². The van der Waals surface area contributed by atoms with Gasteiger partial charge in [0, 0.05) is 12.1 Å². The highest BCUT2D eigenvalue weighted by Gasteiger charge is 2.38. The number of H-pyrrole nitrogens is 1. The zero-order valence-corrected chi connectivity index (χ0v) is 17.0. The number of ether oxygens (including phenoxy) is 1. The van der Waals surface area contributed by atoms with Crippen molar-refractivity contribution in [2.75, 3.05) is 12.4 Å². The number of aromatic amines is 1. The molecule has 2 heterocycles. The standard InChI is InChI=1S/C22H23N5O3/c1-13(2)18(27-12-14-8-4-5-9-15(14)21(27)29)20(28)24-22-23-19(25-26-22)16-10-6-7-11-17(16)30-3/h4-11,13,18H,12H2,1-3H3,(H2,23,24,25,26,28). The smallest absolute Gasteiger partial charge is 0.255 e. The maximum atomic E-state index is 13.1. The molecule has 1 aromatic heterocycles. The van der Waals surface area contributed by atoms with Gasteiger partial charge in [-0.25, -0.2) is 0 Å². The fourth-order valence-corrected chi connectivity index (χ4v) is 3.77. The summed E-state index contributed by atoms with van der Waals surface area (Å²) in [6.07, 6.45) is 0. The first kappa shape index (κ1) is 19.6. The largest absolute Gasteiger partial charge is 0.496 e. The molecular weight excluding hydrogens is 382 g/mol. The number of anilines is 1. The Bertz CT molecular complexity index is 1090. The van der Waals surface area contributed by atoms with Gasteiger partial charge in [-0.2, -0.15) is 4.98 Å². The number of fused-ring (bicyclic) bond motifs is 1. The van der Waals surface area contributed by atoms with E-state index in [2.05, 4.69) is 20.5 Å². The second-order valence-corrected chi connectivity index (χ2v) is 7.48. The summed E-state index contributed by atoms with van der Waals surface area (Å²) in [6, 6.07) is 14.2. The first-order valence-corrected chi connectivity index (χ1v) is 9.75. The van der Waals surface area contributed by atoms with Gasteiger partial charge in [0.1, 0.15) is 11.8 Å². The molecule has 2 N–H and O–H groups in total. The molecule has 1 atom stereocenters. The quantitative estimate of drug-likeness (QED) is 0.656. The maximum absolute atomic E-state index is 13.1. The number of methoxy groups -OCH3 is 1. The molecule has 154 valence electrons. The van der Waals surface area contributed by atoms with Crippen LogP contribution in [0.25, 0.3) is 11.4 Å². The molecule has 4 rings (SSSR count). The summed E-state index contributed by atoms with van der Waals surface area (Å²) in [7, 11) is 1.58. The third kappa shape index (κ3) is 3.52. The monoisotopic (exact) mass is 405 g/mol. The van der Waals surface area contributed by atoms with Gasteiger partial charge in [0.15, 0.2) is 5.82 Å². The van der Waals surface area contributed by atoms with Crippen molar-refractivity contribution in [3.8, 4) is 17.1 Å². The molecule has 0 saturated carbocycles. The van der Waals surface area contributed by atoms with Gasteiger partial charge in [-0.15, -0.1) is 5.10 Å². The molecule has 1 unspecified atom stereocenters. The summed E-state index contributed by atoms with van der Waals surface area (Å²) in [6.45, 7) is 4.24. The van der Waals surface area contributed by atoms with E-state index >= 15 is 0 Å². The van der Waals surface area contributed by atoms with Crippen LogP contribution in [0.15, 0.2) is 48.5 Å². The van der Waals surface area contributed by atoms with E-state index in [9.17, 15) is 9.59 Å². The highest BCUT2D eigenvalue weighted by atomic mass is 16.5. The SMILES string of the molecule is COc1ccccc1-c1nc(NC(=O)C(C(C)C)N2Cc3ccccc3C2=O)n[nH]1. The Morgan fingerprint density at radius 1 is 1.13 bits per heavy atom. The number of carbonyl (C=O) groups is 2. The zero-order valence-electron chi connectivity index (χ0n) is 17.0. The number of amides is 2. The van der Waals surface area contributed by atoms with Gasteiger partial charge >= 0.3 is 0 Å². The van der Waals surface area contributed by atoms with E-state index in [-0.39, 0.29) is 23.7 Å². The van der Waals surface area contributed by atoms with Gasteiger partial charge in [0.05, 0.1) is 12.7 Å². The van der Waals surface area contributed by atoms with E-state index in [4.69, 9.17) is 4.74 Å². The van der Waals surface area contributed by atoms with Crippen molar-refractivity contribution >= 4 is 17.8 Å². The van der Waals surface area contributed by atoms with Crippen LogP contribution in [0, 0.1) is 5.92 Å². The fourth-order valence-electron chi connectivity index (χ4n) is 3.77. The lowest BCUT2D eigenvalue weighted by molar-refractivity contribution is -0.122. The van der Waals surface area contributed by atoms with Crippen LogP contribution in [-0.2, 0) is 11.3 Å². The van der Waals surface area contributed by atoms with E-state index in [1.165, 1.54) is 0 Å². The molecule has 0 radical (unpaired) electrons. The summed E-state index contributed by atoms with van der Waals surface area (Å²) in [5.41, 5.74) is 2.31. The van der Waals surface area contributed by atoms with Gasteiger partial charge in [-0.1, -0.05) is 44.2 Å². The molecule has 8 heteroatoms. The molecule has 0 aliphatic carbocycles. The number of hydrogen-bond donors (Lipinski definition) is 2. The molecule has 8 nitrogen and oxygen atoms in total. The fraction of sp³-hybridized carbons (Fsp3) is 0.273. The molecule has 0 saturated heterocycles. The first-order valence-electron chi connectivity index (χ1n) is 9.75. The van der Waals surface area contributed by atoms with Crippen molar-refractivity contribution < 1.29 is 14.3 Å². The average molecular weight is 405 g/mol. The van der Waals surface area contributed by atoms with Crippen molar-refractivity contribution in [1.82, 2.24) is 20.1 Å². The Hall–Kier alpha value is -3.68. The second-order valence-electron chi connectivity index (χ2n) is 7.48. The number of nitrogens with zero attached hydrogens (tertiary/aromatic N) is 3. The highest BCUT2D eigenvalue weighted by molar-refractivity contribution is 6.03. The topological polar surface area (TPSA) is 100 Å². The van der Waals surface area contributed by atoms with Crippen LogP contribution < -0.4 is 10.1 Å². The minimum Gasteiger partial charge on any atom is -0.496 e. The van der Waals surface area contributed by atoms with Crippen molar-refractivity contribution in [2.24, 2.45) is 5.92 Å². The molecule has 0 bridgehead atoms. The van der Waals surface area contributed by atoms with Gasteiger partial charge in [0.25, 0.3) is 5.91 Å². The molecule has 30 heavy (non-hydrogen) atoms. The molecule has 1 aliphatic rings. The van der Waals surface area contributed by atoms with Crippen molar-refractivity contribution in [3.63, 3.8) is 0 Å². The van der Waals surface area contributed by atoms with E-state index < -0.39 is 6.04 Å². The van der Waals surface area contributed by atoms with E-state index in [0.717, 1.165) is 11.1 Å². The van der Waals surface area contributed by atoms with Crippen LogP contribution in [0.1, 0.15) is 29.8 Å². The van der Waals surface area contributed by atoms with Gasteiger partial charge in [-0.3, -0.25) is 20.0 Å². The molecule has 0 spiro atoms. The van der Waals surface area contributed by atoms with Gasteiger partial charge < -0.3 is 9.64 Å². The second kappa shape index (κ2) is 7.98. The lowest BCUT2D eigenvalue weighted by Gasteiger charge is -2.29. The van der Waals surface area contributed by atoms with Crippen LogP contribution in [0.4, 0.5) is 5.95 Å². The zero-order chi connectivity index (χ0) is 21.3. The van der Waals surface area contributed by atoms with Crippen molar-refractivity contribution in [1.29, 1.82) is 0 Å².